The number of amides is 1. The summed E-state index contributed by atoms with van der Waals surface area (Å²) in [7, 11) is 0. The molecule has 188 valence electrons. The molecule has 0 N–H and O–H groups in total. The van der Waals surface area contributed by atoms with Crippen molar-refractivity contribution in [3.05, 3.63) is 105 Å². The molecule has 0 radical (unpaired) electrons. The van der Waals surface area contributed by atoms with Crippen LogP contribution in [0, 0.1) is 24.0 Å². The minimum atomic E-state index is -0.434. The molecule has 1 aliphatic heterocycles. The van der Waals surface area contributed by atoms with Crippen molar-refractivity contribution in [1.82, 2.24) is 14.7 Å². The highest BCUT2D eigenvalue weighted by atomic mass is 35.5. The zero-order valence-corrected chi connectivity index (χ0v) is 21.4. The van der Waals surface area contributed by atoms with Gasteiger partial charge in [-0.1, -0.05) is 35.4 Å². The van der Waals surface area contributed by atoms with Crippen LogP contribution in [0.4, 0.5) is 11.4 Å². The Hall–Kier alpha value is -4.17. The fourth-order valence-corrected chi connectivity index (χ4v) is 4.84. The number of rotatable bonds is 5. The summed E-state index contributed by atoms with van der Waals surface area (Å²) >= 11 is 6.16. The second kappa shape index (κ2) is 10.1. The lowest BCUT2D eigenvalue weighted by Crippen LogP contribution is -2.49. The lowest BCUT2D eigenvalue weighted by Gasteiger charge is -2.36. The highest BCUT2D eigenvalue weighted by Crippen LogP contribution is 2.27. The summed E-state index contributed by atoms with van der Waals surface area (Å²) in [6.07, 6.45) is 0. The van der Waals surface area contributed by atoms with Crippen LogP contribution < -0.4 is 4.90 Å². The molecule has 8 nitrogen and oxygen atoms in total. The largest absolute Gasteiger partial charge is 0.368 e. The van der Waals surface area contributed by atoms with Crippen LogP contribution in [0.25, 0.3) is 16.9 Å². The predicted octanol–water partition coefficient (Wildman–Crippen LogP) is 5.68. The van der Waals surface area contributed by atoms with Crippen LogP contribution in [-0.4, -0.2) is 51.7 Å². The second-order valence-corrected chi connectivity index (χ2v) is 9.62. The van der Waals surface area contributed by atoms with Crippen LogP contribution in [0.5, 0.6) is 0 Å². The Balaban J connectivity index is 1.46. The number of halogens is 1. The topological polar surface area (TPSA) is 84.5 Å². The maximum Gasteiger partial charge on any atom is 0.272 e. The van der Waals surface area contributed by atoms with Crippen LogP contribution in [-0.2, 0) is 0 Å². The van der Waals surface area contributed by atoms with Crippen LogP contribution in [0.15, 0.2) is 72.8 Å². The third-order valence-electron chi connectivity index (χ3n) is 6.62. The first kappa shape index (κ1) is 24.5. The maximum atomic E-state index is 13.8. The van der Waals surface area contributed by atoms with Crippen LogP contribution >= 0.6 is 11.6 Å². The number of piperazine rings is 1. The van der Waals surface area contributed by atoms with Crippen molar-refractivity contribution < 1.29 is 9.72 Å². The molecule has 1 fully saturated rings. The van der Waals surface area contributed by atoms with Crippen molar-refractivity contribution in [2.75, 3.05) is 31.1 Å². The second-order valence-electron chi connectivity index (χ2n) is 9.18. The first-order valence-corrected chi connectivity index (χ1v) is 12.4. The summed E-state index contributed by atoms with van der Waals surface area (Å²) in [6.45, 7) is 6.53. The smallest absolute Gasteiger partial charge is 0.272 e. The van der Waals surface area contributed by atoms with Gasteiger partial charge in [0.25, 0.3) is 11.6 Å². The Morgan fingerprint density at radius 2 is 1.68 bits per heavy atom. The lowest BCUT2D eigenvalue weighted by atomic mass is 10.1. The average Bonchev–Trinajstić information content (AvgIpc) is 3.33. The van der Waals surface area contributed by atoms with Gasteiger partial charge in [0.1, 0.15) is 5.69 Å². The molecule has 0 spiro atoms. The molecule has 0 unspecified atom stereocenters. The van der Waals surface area contributed by atoms with Crippen LogP contribution in [0.3, 0.4) is 0 Å². The van der Waals surface area contributed by atoms with Gasteiger partial charge in [0.2, 0.25) is 0 Å². The number of carbonyl (C=O) groups is 1. The predicted molar refractivity (Wildman–Crippen MR) is 145 cm³/mol. The van der Waals surface area contributed by atoms with Gasteiger partial charge < -0.3 is 9.80 Å². The van der Waals surface area contributed by atoms with Gasteiger partial charge in [-0.15, -0.1) is 0 Å². The third kappa shape index (κ3) is 5.06. The van der Waals surface area contributed by atoms with E-state index >= 15 is 0 Å². The van der Waals surface area contributed by atoms with E-state index in [1.807, 2.05) is 55.1 Å². The molecule has 1 aromatic heterocycles. The van der Waals surface area contributed by atoms with Gasteiger partial charge in [0, 0.05) is 54.6 Å². The minimum absolute atomic E-state index is 0.00596. The molecule has 1 saturated heterocycles. The zero-order valence-electron chi connectivity index (χ0n) is 20.6. The average molecular weight is 516 g/mol. The molecule has 1 amide bonds. The van der Waals surface area contributed by atoms with E-state index in [9.17, 15) is 14.9 Å². The SMILES string of the molecule is Cc1ccc(-n2nc(-c3ccc([N+](=O)[O-])cc3)cc2C(=O)N2CCN(c3cccc(Cl)c3)CC2)c(C)c1. The molecule has 0 atom stereocenters. The van der Waals surface area contributed by atoms with E-state index in [0.29, 0.717) is 48.2 Å². The van der Waals surface area contributed by atoms with E-state index in [4.69, 9.17) is 16.7 Å². The van der Waals surface area contributed by atoms with Crippen molar-refractivity contribution in [1.29, 1.82) is 0 Å². The van der Waals surface area contributed by atoms with Crippen molar-refractivity contribution in [3.63, 3.8) is 0 Å². The van der Waals surface area contributed by atoms with E-state index in [2.05, 4.69) is 11.0 Å². The fourth-order valence-electron chi connectivity index (χ4n) is 4.66. The quantitative estimate of drug-likeness (QED) is 0.252. The number of hydrogen-bond donors (Lipinski definition) is 0. The fraction of sp³-hybridized carbons (Fsp3) is 0.214. The summed E-state index contributed by atoms with van der Waals surface area (Å²) in [6, 6.07) is 21.7. The van der Waals surface area contributed by atoms with Gasteiger partial charge in [-0.25, -0.2) is 4.68 Å². The summed E-state index contributed by atoms with van der Waals surface area (Å²) in [5, 5.41) is 16.5. The Morgan fingerprint density at radius 3 is 2.32 bits per heavy atom. The molecule has 9 heteroatoms. The normalized spacial score (nSPS) is 13.6. The molecule has 37 heavy (non-hydrogen) atoms. The van der Waals surface area contributed by atoms with E-state index in [-0.39, 0.29) is 11.6 Å². The minimum Gasteiger partial charge on any atom is -0.368 e. The number of nitrogens with zero attached hydrogens (tertiary/aromatic N) is 5. The van der Waals surface area contributed by atoms with Crippen molar-refractivity contribution in [2.45, 2.75) is 13.8 Å². The molecular formula is C28H26ClN5O3. The Morgan fingerprint density at radius 1 is 0.946 bits per heavy atom. The molecule has 5 rings (SSSR count). The van der Waals surface area contributed by atoms with Gasteiger partial charge in [0.05, 0.1) is 16.3 Å². The van der Waals surface area contributed by atoms with Gasteiger partial charge in [-0.05, 0) is 61.9 Å². The number of aromatic nitrogens is 2. The maximum absolute atomic E-state index is 13.8. The van der Waals surface area contributed by atoms with Crippen LogP contribution in [0.1, 0.15) is 21.6 Å². The molecular weight excluding hydrogens is 490 g/mol. The number of benzene rings is 3. The molecule has 2 heterocycles. The van der Waals surface area contributed by atoms with Gasteiger partial charge in [0.15, 0.2) is 0 Å². The molecule has 0 bridgehead atoms. The highest BCUT2D eigenvalue weighted by Gasteiger charge is 2.27. The van der Waals surface area contributed by atoms with Crippen molar-refractivity contribution in [3.8, 4) is 16.9 Å². The molecule has 0 saturated carbocycles. The summed E-state index contributed by atoms with van der Waals surface area (Å²) in [5.74, 6) is -0.105. The van der Waals surface area contributed by atoms with E-state index in [1.165, 1.54) is 12.1 Å². The number of aryl methyl sites for hydroxylation is 2. The zero-order chi connectivity index (χ0) is 26.1. The van der Waals surface area contributed by atoms with Crippen molar-refractivity contribution >= 4 is 28.9 Å². The van der Waals surface area contributed by atoms with E-state index in [0.717, 1.165) is 22.5 Å². The highest BCUT2D eigenvalue weighted by molar-refractivity contribution is 6.30. The Bertz CT molecular complexity index is 1470. The number of carbonyl (C=O) groups excluding carboxylic acids is 1. The summed E-state index contributed by atoms with van der Waals surface area (Å²) in [5.41, 5.74) is 5.72. The third-order valence-corrected chi connectivity index (χ3v) is 6.86. The number of non-ortho nitro benzene ring substituents is 1. The van der Waals surface area contributed by atoms with Gasteiger partial charge >= 0.3 is 0 Å². The van der Waals surface area contributed by atoms with E-state index < -0.39 is 4.92 Å². The van der Waals surface area contributed by atoms with Gasteiger partial charge in [-0.2, -0.15) is 5.10 Å². The molecule has 4 aromatic rings. The Labute approximate surface area is 219 Å². The Kier molecular flexibility index (Phi) is 6.67. The van der Waals surface area contributed by atoms with E-state index in [1.54, 1.807) is 22.9 Å². The first-order chi connectivity index (χ1) is 17.8. The van der Waals surface area contributed by atoms with Crippen LogP contribution in [0.2, 0.25) is 5.02 Å². The first-order valence-electron chi connectivity index (χ1n) is 12.0. The monoisotopic (exact) mass is 515 g/mol. The number of hydrogen-bond acceptors (Lipinski definition) is 5. The number of nitro benzene ring substituents is 1. The summed E-state index contributed by atoms with van der Waals surface area (Å²) in [4.78, 5) is 28.5. The summed E-state index contributed by atoms with van der Waals surface area (Å²) < 4.78 is 1.69. The molecule has 0 aliphatic carbocycles. The lowest BCUT2D eigenvalue weighted by molar-refractivity contribution is -0.384. The number of nitro groups is 1. The molecule has 3 aromatic carbocycles. The number of anilines is 1. The van der Waals surface area contributed by atoms with Crippen molar-refractivity contribution in [2.24, 2.45) is 0 Å². The molecule has 1 aliphatic rings. The van der Waals surface area contributed by atoms with Gasteiger partial charge in [-0.3, -0.25) is 14.9 Å². The standard InChI is InChI=1S/C28H26ClN5O3/c1-19-6-11-26(20(2)16-19)33-27(18-25(30-33)21-7-9-23(10-8-21)34(36)37)28(35)32-14-12-31(13-15-32)24-5-3-4-22(29)17-24/h3-11,16-18H,12-15H2,1-2H3.